The van der Waals surface area contributed by atoms with Crippen molar-refractivity contribution >= 4 is 11.9 Å². The van der Waals surface area contributed by atoms with Crippen LogP contribution in [0.4, 0.5) is 4.39 Å². The molecule has 1 aliphatic rings. The minimum atomic E-state index is -1.12. The van der Waals surface area contributed by atoms with Gasteiger partial charge in [0.25, 0.3) is 5.56 Å². The molecule has 24 heavy (non-hydrogen) atoms. The van der Waals surface area contributed by atoms with Crippen LogP contribution in [-0.2, 0) is 9.59 Å². The van der Waals surface area contributed by atoms with Crippen LogP contribution < -0.4 is 5.56 Å². The van der Waals surface area contributed by atoms with Gasteiger partial charge in [0, 0.05) is 18.2 Å². The molecule has 1 aromatic carbocycles. The van der Waals surface area contributed by atoms with Crippen LogP contribution in [0.25, 0.3) is 11.3 Å². The third kappa shape index (κ3) is 2.90. The summed E-state index contributed by atoms with van der Waals surface area (Å²) in [5.74, 6) is -2.08. The minimum absolute atomic E-state index is 0.221. The van der Waals surface area contributed by atoms with Crippen molar-refractivity contribution in [1.29, 1.82) is 0 Å². The van der Waals surface area contributed by atoms with Crippen molar-refractivity contribution in [3.05, 3.63) is 52.6 Å². The third-order valence-corrected chi connectivity index (χ3v) is 3.87. The summed E-state index contributed by atoms with van der Waals surface area (Å²) < 4.78 is 14.9. The highest BCUT2D eigenvalue weighted by Crippen LogP contribution is 2.23. The fourth-order valence-corrected chi connectivity index (χ4v) is 2.73. The number of nitrogens with zero attached hydrogens (tertiary/aromatic N) is 3. The van der Waals surface area contributed by atoms with Gasteiger partial charge in [-0.3, -0.25) is 14.4 Å². The first-order valence-electron chi connectivity index (χ1n) is 7.32. The van der Waals surface area contributed by atoms with Crippen molar-refractivity contribution in [3.8, 4) is 11.3 Å². The van der Waals surface area contributed by atoms with E-state index in [2.05, 4.69) is 5.10 Å². The summed E-state index contributed by atoms with van der Waals surface area (Å²) in [4.78, 5) is 36.3. The Morgan fingerprint density at radius 3 is 2.71 bits per heavy atom. The number of likely N-dealkylation sites (tertiary alicyclic amines) is 1. The zero-order chi connectivity index (χ0) is 17.3. The van der Waals surface area contributed by atoms with Crippen LogP contribution in [0.3, 0.4) is 0 Å². The maximum absolute atomic E-state index is 13.9. The van der Waals surface area contributed by atoms with Gasteiger partial charge >= 0.3 is 5.97 Å². The summed E-state index contributed by atoms with van der Waals surface area (Å²) in [6.07, 6.45) is 0.278. The Morgan fingerprint density at radius 2 is 2.00 bits per heavy atom. The molecular formula is C16H14FN3O4. The fraction of sp³-hybridized carbons (Fsp3) is 0.250. The summed E-state index contributed by atoms with van der Waals surface area (Å²) in [6.45, 7) is -0.190. The Morgan fingerprint density at radius 1 is 1.25 bits per heavy atom. The summed E-state index contributed by atoms with van der Waals surface area (Å²) in [6, 6.07) is 7.74. The number of halogens is 1. The maximum Gasteiger partial charge on any atom is 0.323 e. The van der Waals surface area contributed by atoms with Crippen LogP contribution in [0.15, 0.2) is 41.2 Å². The number of aromatic nitrogens is 2. The van der Waals surface area contributed by atoms with Crippen LogP contribution >= 0.6 is 0 Å². The average molecular weight is 331 g/mol. The monoisotopic (exact) mass is 331 g/mol. The largest absolute Gasteiger partial charge is 0.480 e. The Kier molecular flexibility index (Phi) is 4.11. The lowest BCUT2D eigenvalue weighted by Crippen LogP contribution is -2.36. The zero-order valence-electron chi connectivity index (χ0n) is 12.6. The molecule has 1 aromatic heterocycles. The first-order chi connectivity index (χ1) is 11.5. The topological polar surface area (TPSA) is 92.5 Å². The Balaban J connectivity index is 1.96. The van der Waals surface area contributed by atoms with Gasteiger partial charge in [-0.2, -0.15) is 5.10 Å². The Labute approximate surface area is 135 Å². The molecule has 1 unspecified atom stereocenters. The number of aliphatic carboxylic acids is 1. The smallest absolute Gasteiger partial charge is 0.323 e. The van der Waals surface area contributed by atoms with E-state index in [1.54, 1.807) is 12.1 Å². The second-order valence-corrected chi connectivity index (χ2v) is 5.44. The first-order valence-corrected chi connectivity index (χ1v) is 7.32. The summed E-state index contributed by atoms with van der Waals surface area (Å²) in [5, 5.41) is 12.9. The van der Waals surface area contributed by atoms with Crippen molar-refractivity contribution < 1.29 is 19.1 Å². The maximum atomic E-state index is 13.9. The molecule has 7 nitrogen and oxygen atoms in total. The van der Waals surface area contributed by atoms with E-state index in [0.29, 0.717) is 0 Å². The van der Waals surface area contributed by atoms with Crippen LogP contribution in [0, 0.1) is 5.82 Å². The third-order valence-electron chi connectivity index (χ3n) is 3.87. The van der Waals surface area contributed by atoms with Gasteiger partial charge in [0.2, 0.25) is 5.91 Å². The standard InChI is InChI=1S/C16H14FN3O4/c17-11-4-2-1-3-10(11)12-5-6-14(21)20(18-12)13-7-8-19(16(13)24)9-15(22)23/h1-6,13H,7-9H2,(H,22,23). The van der Waals surface area contributed by atoms with Crippen molar-refractivity contribution in [2.24, 2.45) is 0 Å². The lowest BCUT2D eigenvalue weighted by molar-refractivity contribution is -0.143. The number of benzene rings is 1. The second kappa shape index (κ2) is 6.23. The number of carboxylic acid groups (broad SMARTS) is 1. The molecule has 2 aromatic rings. The summed E-state index contributed by atoms with van der Waals surface area (Å²) in [5.41, 5.74) is -0.0399. The van der Waals surface area contributed by atoms with E-state index in [-0.39, 0.29) is 24.2 Å². The number of hydrogen-bond donors (Lipinski definition) is 1. The van der Waals surface area contributed by atoms with Gasteiger partial charge in [-0.05, 0) is 24.6 Å². The van der Waals surface area contributed by atoms with E-state index >= 15 is 0 Å². The number of carbonyl (C=O) groups excluding carboxylic acids is 1. The average Bonchev–Trinajstić information content (AvgIpc) is 2.89. The predicted octanol–water partition coefficient (Wildman–Crippen LogP) is 0.907. The molecule has 0 aliphatic carbocycles. The van der Waals surface area contributed by atoms with Gasteiger partial charge in [-0.1, -0.05) is 12.1 Å². The zero-order valence-corrected chi connectivity index (χ0v) is 12.6. The van der Waals surface area contributed by atoms with Crippen molar-refractivity contribution in [1.82, 2.24) is 14.7 Å². The SMILES string of the molecule is O=C(O)CN1CCC(n2nc(-c3ccccc3F)ccc2=O)C1=O. The minimum Gasteiger partial charge on any atom is -0.480 e. The summed E-state index contributed by atoms with van der Waals surface area (Å²) in [7, 11) is 0. The molecule has 2 heterocycles. The lowest BCUT2D eigenvalue weighted by atomic mass is 10.1. The van der Waals surface area contributed by atoms with E-state index in [1.807, 2.05) is 0 Å². The van der Waals surface area contributed by atoms with E-state index in [1.165, 1.54) is 24.3 Å². The van der Waals surface area contributed by atoms with Crippen molar-refractivity contribution in [3.63, 3.8) is 0 Å². The molecule has 1 fully saturated rings. The van der Waals surface area contributed by atoms with Crippen LogP contribution in [0.1, 0.15) is 12.5 Å². The molecule has 0 saturated carbocycles. The highest BCUT2D eigenvalue weighted by Gasteiger charge is 2.35. The van der Waals surface area contributed by atoms with E-state index < -0.39 is 35.8 Å². The quantitative estimate of drug-likeness (QED) is 0.899. The molecule has 8 heteroatoms. The number of amides is 1. The molecule has 0 bridgehead atoms. The van der Waals surface area contributed by atoms with E-state index in [4.69, 9.17) is 5.11 Å². The molecule has 0 radical (unpaired) electrons. The van der Waals surface area contributed by atoms with Gasteiger partial charge in [-0.25, -0.2) is 9.07 Å². The molecule has 1 aliphatic heterocycles. The molecule has 3 rings (SSSR count). The first kappa shape index (κ1) is 15.9. The molecule has 1 N–H and O–H groups in total. The Hall–Kier alpha value is -3.03. The summed E-state index contributed by atoms with van der Waals surface area (Å²) >= 11 is 0. The molecule has 1 saturated heterocycles. The highest BCUT2D eigenvalue weighted by atomic mass is 19.1. The van der Waals surface area contributed by atoms with Crippen LogP contribution in [0.2, 0.25) is 0 Å². The van der Waals surface area contributed by atoms with Gasteiger partial charge in [0.1, 0.15) is 18.4 Å². The van der Waals surface area contributed by atoms with Gasteiger partial charge in [-0.15, -0.1) is 0 Å². The molecule has 124 valence electrons. The van der Waals surface area contributed by atoms with Gasteiger partial charge < -0.3 is 10.0 Å². The highest BCUT2D eigenvalue weighted by molar-refractivity contribution is 5.86. The number of carboxylic acids is 1. The van der Waals surface area contributed by atoms with Crippen LogP contribution in [0.5, 0.6) is 0 Å². The van der Waals surface area contributed by atoms with Crippen LogP contribution in [-0.4, -0.2) is 44.8 Å². The number of hydrogen-bond acceptors (Lipinski definition) is 4. The van der Waals surface area contributed by atoms with Gasteiger partial charge in [0.05, 0.1) is 5.69 Å². The predicted molar refractivity (Wildman–Crippen MR) is 81.8 cm³/mol. The van der Waals surface area contributed by atoms with Gasteiger partial charge in [0.15, 0.2) is 0 Å². The number of rotatable bonds is 4. The van der Waals surface area contributed by atoms with E-state index in [0.717, 1.165) is 9.58 Å². The molecule has 1 atom stereocenters. The normalized spacial score (nSPS) is 17.3. The van der Waals surface area contributed by atoms with Crippen molar-refractivity contribution in [2.75, 3.05) is 13.1 Å². The van der Waals surface area contributed by atoms with E-state index in [9.17, 15) is 18.8 Å². The lowest BCUT2D eigenvalue weighted by Gasteiger charge is -2.15. The molecule has 0 spiro atoms. The fourth-order valence-electron chi connectivity index (χ4n) is 2.73. The molecule has 1 amide bonds. The second-order valence-electron chi connectivity index (χ2n) is 5.44. The van der Waals surface area contributed by atoms with Crippen molar-refractivity contribution in [2.45, 2.75) is 12.5 Å². The molecular weight excluding hydrogens is 317 g/mol. The number of carbonyl (C=O) groups is 2. The Bertz CT molecular complexity index is 864.